The number of rotatable bonds is 4. The van der Waals surface area contributed by atoms with E-state index in [-0.39, 0.29) is 11.5 Å². The number of carboxylic acid groups (broad SMARTS) is 1. The molecule has 0 bridgehead atoms. The van der Waals surface area contributed by atoms with Crippen LogP contribution < -0.4 is 10.0 Å². The summed E-state index contributed by atoms with van der Waals surface area (Å²) in [5.74, 6) is -2.06. The molecule has 1 aliphatic rings. The van der Waals surface area contributed by atoms with Crippen LogP contribution in [0.5, 0.6) is 0 Å². The van der Waals surface area contributed by atoms with Crippen LogP contribution >= 0.6 is 0 Å². The molecular weight excluding hydrogens is 397 g/mol. The van der Waals surface area contributed by atoms with Gasteiger partial charge in [-0.1, -0.05) is 54.6 Å². The Morgan fingerprint density at radius 2 is 1.74 bits per heavy atom. The van der Waals surface area contributed by atoms with Gasteiger partial charge in [-0.3, -0.25) is 14.8 Å². The van der Waals surface area contributed by atoms with Crippen LogP contribution in [0, 0.1) is 5.82 Å². The lowest BCUT2D eigenvalue weighted by Crippen LogP contribution is -2.29. The number of fused-ring (bicyclic) bond motifs is 1. The fraction of sp³-hybridized carbons (Fsp3) is 0.0417. The number of anilines is 1. The first-order valence-electron chi connectivity index (χ1n) is 9.58. The first kappa shape index (κ1) is 18.7. The fourth-order valence-electron chi connectivity index (χ4n) is 3.98. The highest BCUT2D eigenvalue weighted by atomic mass is 19.1. The van der Waals surface area contributed by atoms with E-state index in [4.69, 9.17) is 0 Å². The topological polar surface area (TPSA) is 89.1 Å². The number of benzene rings is 3. The monoisotopic (exact) mass is 412 g/mol. The number of hydrogen-bond acceptors (Lipinski definition) is 4. The highest BCUT2D eigenvalue weighted by Gasteiger charge is 2.43. The zero-order chi connectivity index (χ0) is 21.5. The summed E-state index contributed by atoms with van der Waals surface area (Å²) in [6, 6.07) is 20.7. The second-order valence-electron chi connectivity index (χ2n) is 7.19. The number of nitrogens with one attached hydrogen (secondary N) is 1. The van der Waals surface area contributed by atoms with Crippen molar-refractivity contribution in [2.24, 2.45) is 0 Å². The van der Waals surface area contributed by atoms with Crippen molar-refractivity contribution >= 4 is 17.6 Å². The Balaban J connectivity index is 1.70. The molecule has 1 aromatic heterocycles. The third kappa shape index (κ3) is 3.07. The van der Waals surface area contributed by atoms with Crippen LogP contribution in [0.1, 0.15) is 38.0 Å². The average molecular weight is 412 g/mol. The van der Waals surface area contributed by atoms with Crippen molar-refractivity contribution in [2.75, 3.05) is 4.90 Å². The molecule has 0 fully saturated rings. The van der Waals surface area contributed by atoms with E-state index >= 15 is 0 Å². The Labute approximate surface area is 176 Å². The maximum absolute atomic E-state index is 14.1. The Bertz CT molecular complexity index is 1300. The minimum absolute atomic E-state index is 0.00265. The first-order valence-corrected chi connectivity index (χ1v) is 9.58. The number of halogens is 1. The number of carboxylic acids is 1. The summed E-state index contributed by atoms with van der Waals surface area (Å²) in [6.45, 7) is 0. The van der Waals surface area contributed by atoms with Gasteiger partial charge in [0, 0.05) is 16.8 Å². The number of aromatic amines is 1. The Morgan fingerprint density at radius 1 is 1.00 bits per heavy atom. The van der Waals surface area contributed by atoms with Crippen LogP contribution in [0.4, 0.5) is 10.1 Å². The maximum Gasteiger partial charge on any atom is 0.277 e. The van der Waals surface area contributed by atoms with Gasteiger partial charge in [0.15, 0.2) is 0 Å². The standard InChI is InChI=1S/C24H16FN3O3/c25-17-8-4-7-16(13-17)22-19-20(14-5-2-1-3-6-14)26-27-21(19)23(29)28(22)18-11-9-15(10-12-18)24(30)31/h1-13,22H,(H,26,27)(H,30,31)/p-1/t22-/m0/s1. The number of carbonyl (C=O) groups excluding carboxylic acids is 2. The van der Waals surface area contributed by atoms with E-state index in [1.165, 1.54) is 41.3 Å². The summed E-state index contributed by atoms with van der Waals surface area (Å²) in [6.07, 6.45) is 0. The number of amides is 1. The van der Waals surface area contributed by atoms with Crippen LogP contribution in [0.25, 0.3) is 11.3 Å². The Kier molecular flexibility index (Phi) is 4.36. The van der Waals surface area contributed by atoms with Crippen molar-refractivity contribution in [3.05, 3.63) is 107 Å². The second-order valence-corrected chi connectivity index (χ2v) is 7.19. The molecule has 31 heavy (non-hydrogen) atoms. The molecule has 0 aliphatic carbocycles. The normalized spacial score (nSPS) is 15.2. The molecule has 7 heteroatoms. The molecule has 2 heterocycles. The van der Waals surface area contributed by atoms with E-state index < -0.39 is 17.8 Å². The molecule has 1 N–H and O–H groups in total. The van der Waals surface area contributed by atoms with Crippen LogP contribution in [0.2, 0.25) is 0 Å². The van der Waals surface area contributed by atoms with Gasteiger partial charge in [-0.25, -0.2) is 4.39 Å². The van der Waals surface area contributed by atoms with Crippen molar-refractivity contribution < 1.29 is 19.1 Å². The number of carbonyl (C=O) groups is 2. The summed E-state index contributed by atoms with van der Waals surface area (Å²) >= 11 is 0. The highest BCUT2D eigenvalue weighted by Crippen LogP contribution is 2.45. The van der Waals surface area contributed by atoms with Crippen LogP contribution in [-0.4, -0.2) is 22.1 Å². The van der Waals surface area contributed by atoms with E-state index in [1.807, 2.05) is 30.3 Å². The number of H-pyrrole nitrogens is 1. The Morgan fingerprint density at radius 3 is 2.42 bits per heavy atom. The zero-order valence-corrected chi connectivity index (χ0v) is 16.1. The third-order valence-electron chi connectivity index (χ3n) is 5.36. The van der Waals surface area contributed by atoms with Crippen molar-refractivity contribution in [3.63, 3.8) is 0 Å². The van der Waals surface area contributed by atoms with E-state index in [1.54, 1.807) is 12.1 Å². The zero-order valence-electron chi connectivity index (χ0n) is 16.1. The SMILES string of the molecule is O=C([O-])c1ccc(N2C(=O)c3[nH]nc(-c4ccccc4)c3[C@@H]2c2cccc(F)c2)cc1. The highest BCUT2D eigenvalue weighted by molar-refractivity contribution is 6.11. The molecule has 1 amide bonds. The van der Waals surface area contributed by atoms with Crippen molar-refractivity contribution in [3.8, 4) is 11.3 Å². The van der Waals surface area contributed by atoms with E-state index in [0.29, 0.717) is 28.2 Å². The van der Waals surface area contributed by atoms with Gasteiger partial charge in [0.05, 0.1) is 17.7 Å². The average Bonchev–Trinajstić information content (AvgIpc) is 3.33. The van der Waals surface area contributed by atoms with Gasteiger partial charge < -0.3 is 9.90 Å². The molecule has 1 atom stereocenters. The van der Waals surface area contributed by atoms with Gasteiger partial charge >= 0.3 is 0 Å². The summed E-state index contributed by atoms with van der Waals surface area (Å²) < 4.78 is 14.1. The summed E-state index contributed by atoms with van der Waals surface area (Å²) in [5.41, 5.74) is 3.45. The number of aromatic carboxylic acids is 1. The van der Waals surface area contributed by atoms with Gasteiger partial charge in [-0.2, -0.15) is 5.10 Å². The quantitative estimate of drug-likeness (QED) is 0.557. The molecule has 0 unspecified atom stereocenters. The summed E-state index contributed by atoms with van der Waals surface area (Å²) in [7, 11) is 0. The molecule has 4 aromatic rings. The first-order chi connectivity index (χ1) is 15.0. The second kappa shape index (κ2) is 7.21. The van der Waals surface area contributed by atoms with Gasteiger partial charge in [-0.05, 0) is 35.4 Å². The number of nitrogens with zero attached hydrogens (tertiary/aromatic N) is 2. The van der Waals surface area contributed by atoms with E-state index in [2.05, 4.69) is 10.2 Å². The summed E-state index contributed by atoms with van der Waals surface area (Å²) in [5, 5.41) is 18.3. The predicted molar refractivity (Wildman–Crippen MR) is 110 cm³/mol. The molecule has 0 radical (unpaired) electrons. The lowest BCUT2D eigenvalue weighted by molar-refractivity contribution is -0.255. The smallest absolute Gasteiger partial charge is 0.277 e. The predicted octanol–water partition coefficient (Wildman–Crippen LogP) is 3.33. The lowest BCUT2D eigenvalue weighted by Gasteiger charge is -2.26. The van der Waals surface area contributed by atoms with Crippen molar-refractivity contribution in [2.45, 2.75) is 6.04 Å². The van der Waals surface area contributed by atoms with Gasteiger partial charge in [0.2, 0.25) is 0 Å². The molecule has 0 spiro atoms. The van der Waals surface area contributed by atoms with E-state index in [9.17, 15) is 19.1 Å². The third-order valence-corrected chi connectivity index (χ3v) is 5.36. The van der Waals surface area contributed by atoms with E-state index in [0.717, 1.165) is 5.56 Å². The number of hydrogen-bond donors (Lipinski definition) is 1. The molecule has 0 saturated heterocycles. The Hall–Kier alpha value is -4.26. The molecule has 1 aliphatic heterocycles. The van der Waals surface area contributed by atoms with Gasteiger partial charge in [0.1, 0.15) is 11.5 Å². The minimum atomic E-state index is -1.30. The van der Waals surface area contributed by atoms with Crippen LogP contribution in [-0.2, 0) is 0 Å². The van der Waals surface area contributed by atoms with Gasteiger partial charge in [0.25, 0.3) is 5.91 Å². The van der Waals surface area contributed by atoms with Gasteiger partial charge in [-0.15, -0.1) is 0 Å². The molecule has 3 aromatic carbocycles. The fourth-order valence-corrected chi connectivity index (χ4v) is 3.98. The molecule has 152 valence electrons. The van der Waals surface area contributed by atoms with Crippen molar-refractivity contribution in [1.29, 1.82) is 0 Å². The maximum atomic E-state index is 14.1. The molecule has 6 nitrogen and oxygen atoms in total. The molecule has 5 rings (SSSR count). The largest absolute Gasteiger partial charge is 0.545 e. The minimum Gasteiger partial charge on any atom is -0.545 e. The van der Waals surface area contributed by atoms with Crippen LogP contribution in [0.15, 0.2) is 78.9 Å². The lowest BCUT2D eigenvalue weighted by atomic mass is 9.95. The molecule has 0 saturated carbocycles. The number of aromatic nitrogens is 2. The van der Waals surface area contributed by atoms with Crippen LogP contribution in [0.3, 0.4) is 0 Å². The molecular formula is C24H15FN3O3-. The van der Waals surface area contributed by atoms with Crippen molar-refractivity contribution in [1.82, 2.24) is 10.2 Å². The summed E-state index contributed by atoms with van der Waals surface area (Å²) in [4.78, 5) is 26.0.